The predicted molar refractivity (Wildman–Crippen MR) is 80.2 cm³/mol. The lowest BCUT2D eigenvalue weighted by Gasteiger charge is -2.35. The van der Waals surface area contributed by atoms with E-state index in [1.165, 1.54) is 0 Å². The van der Waals surface area contributed by atoms with Crippen molar-refractivity contribution in [2.75, 3.05) is 6.54 Å². The minimum absolute atomic E-state index is 0.0196. The summed E-state index contributed by atoms with van der Waals surface area (Å²) in [7, 11) is 0. The van der Waals surface area contributed by atoms with Gasteiger partial charge >= 0.3 is 0 Å². The molecule has 1 saturated heterocycles. The van der Waals surface area contributed by atoms with E-state index in [-0.39, 0.29) is 17.7 Å². The van der Waals surface area contributed by atoms with Crippen molar-refractivity contribution < 1.29 is 9.59 Å². The monoisotopic (exact) mass is 293 g/mol. The van der Waals surface area contributed by atoms with Gasteiger partial charge < -0.3 is 4.90 Å². The highest BCUT2D eigenvalue weighted by Gasteiger charge is 2.29. The maximum absolute atomic E-state index is 12.7. The largest absolute Gasteiger partial charge is 0.335 e. The van der Waals surface area contributed by atoms with E-state index < -0.39 is 0 Å². The van der Waals surface area contributed by atoms with Crippen molar-refractivity contribution in [2.45, 2.75) is 45.6 Å². The van der Waals surface area contributed by atoms with Crippen LogP contribution in [0.4, 0.5) is 0 Å². The van der Waals surface area contributed by atoms with Crippen LogP contribution in [0.5, 0.6) is 0 Å². The number of halogens is 1. The number of piperidine rings is 1. The van der Waals surface area contributed by atoms with Crippen molar-refractivity contribution in [1.29, 1.82) is 0 Å². The van der Waals surface area contributed by atoms with E-state index in [4.69, 9.17) is 11.6 Å². The molecule has 1 aromatic rings. The average Bonchev–Trinajstić information content (AvgIpc) is 2.38. The number of nitrogens with zero attached hydrogens (tertiary/aromatic N) is 1. The molecule has 2 rings (SSSR count). The fourth-order valence-corrected chi connectivity index (χ4v) is 3.08. The lowest BCUT2D eigenvalue weighted by atomic mass is 9.96. The van der Waals surface area contributed by atoms with Gasteiger partial charge in [-0.2, -0.15) is 0 Å². The van der Waals surface area contributed by atoms with Crippen LogP contribution in [0.3, 0.4) is 0 Å². The molecule has 0 spiro atoms. The topological polar surface area (TPSA) is 37.4 Å². The highest BCUT2D eigenvalue weighted by molar-refractivity contribution is 6.33. The zero-order chi connectivity index (χ0) is 14.7. The Labute approximate surface area is 124 Å². The first-order valence-corrected chi connectivity index (χ1v) is 7.43. The van der Waals surface area contributed by atoms with Gasteiger partial charge in [0.2, 0.25) is 0 Å². The van der Waals surface area contributed by atoms with Crippen LogP contribution in [-0.4, -0.2) is 29.2 Å². The normalized spacial score (nSPS) is 18.9. The molecule has 1 aliphatic rings. The smallest absolute Gasteiger partial charge is 0.255 e. The van der Waals surface area contributed by atoms with Gasteiger partial charge in [-0.05, 0) is 50.8 Å². The second-order valence-corrected chi connectivity index (χ2v) is 5.94. The number of rotatable bonds is 3. The third kappa shape index (κ3) is 3.40. The summed E-state index contributed by atoms with van der Waals surface area (Å²) in [5.74, 6) is 0.0747. The van der Waals surface area contributed by atoms with Gasteiger partial charge in [-0.3, -0.25) is 9.59 Å². The second-order valence-electron chi connectivity index (χ2n) is 5.54. The Morgan fingerprint density at radius 3 is 2.75 bits per heavy atom. The molecule has 0 aliphatic carbocycles. The Balaban J connectivity index is 2.22. The Kier molecular flexibility index (Phi) is 4.81. The van der Waals surface area contributed by atoms with Gasteiger partial charge in [0.05, 0.1) is 10.6 Å². The molecule has 20 heavy (non-hydrogen) atoms. The summed E-state index contributed by atoms with van der Waals surface area (Å²) in [4.78, 5) is 25.8. The first-order valence-electron chi connectivity index (χ1n) is 7.05. The van der Waals surface area contributed by atoms with Gasteiger partial charge in [0, 0.05) is 19.0 Å². The quantitative estimate of drug-likeness (QED) is 0.853. The molecule has 108 valence electrons. The number of carbonyl (C=O) groups excluding carboxylic acids is 2. The third-order valence-corrected chi connectivity index (χ3v) is 4.08. The van der Waals surface area contributed by atoms with E-state index in [1.54, 1.807) is 19.1 Å². The molecule has 0 bridgehead atoms. The van der Waals surface area contributed by atoms with Gasteiger partial charge in [0.15, 0.2) is 0 Å². The van der Waals surface area contributed by atoms with E-state index in [0.29, 0.717) is 23.6 Å². The molecular formula is C16H20ClNO2. The molecule has 0 N–H and O–H groups in total. The first-order chi connectivity index (χ1) is 9.49. The van der Waals surface area contributed by atoms with Gasteiger partial charge in [0.1, 0.15) is 5.78 Å². The summed E-state index contributed by atoms with van der Waals surface area (Å²) in [5, 5.41) is 0.488. The number of benzene rings is 1. The summed E-state index contributed by atoms with van der Waals surface area (Å²) in [6.45, 7) is 4.23. The maximum Gasteiger partial charge on any atom is 0.255 e. The number of hydrogen-bond acceptors (Lipinski definition) is 2. The van der Waals surface area contributed by atoms with Crippen molar-refractivity contribution in [3.8, 4) is 0 Å². The van der Waals surface area contributed by atoms with E-state index >= 15 is 0 Å². The molecule has 1 heterocycles. The molecule has 1 fully saturated rings. The van der Waals surface area contributed by atoms with Gasteiger partial charge in [0.25, 0.3) is 5.91 Å². The number of Topliss-reactive ketones (excluding diaryl/α,β-unsaturated/α-hetero) is 1. The molecule has 1 unspecified atom stereocenters. The molecule has 1 aliphatic heterocycles. The fourth-order valence-electron chi connectivity index (χ4n) is 2.76. The van der Waals surface area contributed by atoms with E-state index in [1.807, 2.05) is 17.9 Å². The van der Waals surface area contributed by atoms with E-state index in [9.17, 15) is 9.59 Å². The lowest BCUT2D eigenvalue weighted by Crippen LogP contribution is -2.44. The van der Waals surface area contributed by atoms with Crippen molar-refractivity contribution in [2.24, 2.45) is 0 Å². The van der Waals surface area contributed by atoms with Crippen LogP contribution in [0.15, 0.2) is 18.2 Å². The van der Waals surface area contributed by atoms with Crippen LogP contribution in [-0.2, 0) is 4.79 Å². The van der Waals surface area contributed by atoms with Crippen LogP contribution >= 0.6 is 11.6 Å². The highest BCUT2D eigenvalue weighted by Crippen LogP contribution is 2.25. The molecule has 3 nitrogen and oxygen atoms in total. The maximum atomic E-state index is 12.7. The minimum Gasteiger partial charge on any atom is -0.335 e. The van der Waals surface area contributed by atoms with E-state index in [2.05, 4.69) is 0 Å². The van der Waals surface area contributed by atoms with Crippen LogP contribution in [0.2, 0.25) is 5.02 Å². The Hall–Kier alpha value is -1.35. The zero-order valence-corrected chi connectivity index (χ0v) is 12.7. The van der Waals surface area contributed by atoms with E-state index in [0.717, 1.165) is 24.8 Å². The van der Waals surface area contributed by atoms with Crippen molar-refractivity contribution in [3.63, 3.8) is 0 Å². The molecule has 0 saturated carbocycles. The number of amides is 1. The lowest BCUT2D eigenvalue weighted by molar-refractivity contribution is -0.118. The zero-order valence-electron chi connectivity index (χ0n) is 12.0. The summed E-state index contributed by atoms with van der Waals surface area (Å²) in [6, 6.07) is 5.49. The highest BCUT2D eigenvalue weighted by atomic mass is 35.5. The third-order valence-electron chi connectivity index (χ3n) is 3.77. The molecule has 0 radical (unpaired) electrons. The first kappa shape index (κ1) is 15.0. The number of aryl methyl sites for hydroxylation is 1. The predicted octanol–water partition coefficient (Wildman–Crippen LogP) is 3.62. The SMILES string of the molecule is CC(=O)CC1CCCCN1C(=O)c1ccc(C)cc1Cl. The molecular weight excluding hydrogens is 274 g/mol. The van der Waals surface area contributed by atoms with Crippen LogP contribution in [0, 0.1) is 6.92 Å². The van der Waals surface area contributed by atoms with Crippen LogP contribution < -0.4 is 0 Å². The molecule has 4 heteroatoms. The number of hydrogen-bond donors (Lipinski definition) is 0. The molecule has 0 aromatic heterocycles. The summed E-state index contributed by atoms with van der Waals surface area (Å²) in [6.07, 6.45) is 3.40. The standard InChI is InChI=1S/C16H20ClNO2/c1-11-6-7-14(15(17)9-11)16(20)18-8-4-3-5-13(18)10-12(2)19/h6-7,9,13H,3-5,8,10H2,1-2H3. The summed E-state index contributed by atoms with van der Waals surface area (Å²) in [5.41, 5.74) is 1.57. The number of ketones is 1. The van der Waals surface area contributed by atoms with Crippen molar-refractivity contribution >= 4 is 23.3 Å². The molecule has 1 aromatic carbocycles. The van der Waals surface area contributed by atoms with Gasteiger partial charge in [-0.25, -0.2) is 0 Å². The summed E-state index contributed by atoms with van der Waals surface area (Å²) >= 11 is 6.18. The minimum atomic E-state index is -0.0547. The molecule has 1 amide bonds. The van der Waals surface area contributed by atoms with Crippen LogP contribution in [0.1, 0.15) is 48.5 Å². The Morgan fingerprint density at radius 1 is 1.35 bits per heavy atom. The second kappa shape index (κ2) is 6.40. The van der Waals surface area contributed by atoms with Gasteiger partial charge in [-0.15, -0.1) is 0 Å². The Morgan fingerprint density at radius 2 is 2.10 bits per heavy atom. The molecule has 1 atom stereocenters. The Bertz CT molecular complexity index is 527. The fraction of sp³-hybridized carbons (Fsp3) is 0.500. The average molecular weight is 294 g/mol. The number of likely N-dealkylation sites (tertiary alicyclic amines) is 1. The van der Waals surface area contributed by atoms with Gasteiger partial charge in [-0.1, -0.05) is 17.7 Å². The number of carbonyl (C=O) groups is 2. The van der Waals surface area contributed by atoms with Crippen molar-refractivity contribution in [1.82, 2.24) is 4.90 Å². The van der Waals surface area contributed by atoms with Crippen molar-refractivity contribution in [3.05, 3.63) is 34.3 Å². The van der Waals surface area contributed by atoms with Crippen LogP contribution in [0.25, 0.3) is 0 Å². The summed E-state index contributed by atoms with van der Waals surface area (Å²) < 4.78 is 0.